The minimum Gasteiger partial charge on any atom is -0.508 e. The summed E-state index contributed by atoms with van der Waals surface area (Å²) in [5.74, 6) is 0.302. The maximum Gasteiger partial charge on any atom is 0.119 e. The van der Waals surface area contributed by atoms with Gasteiger partial charge in [0.15, 0.2) is 0 Å². The Morgan fingerprint density at radius 1 is 1.24 bits per heavy atom. The van der Waals surface area contributed by atoms with Gasteiger partial charge in [0.05, 0.1) is 6.10 Å². The first kappa shape index (κ1) is 12.4. The van der Waals surface area contributed by atoms with Gasteiger partial charge in [-0.2, -0.15) is 0 Å². The average molecular weight is 235 g/mol. The molecule has 2 rings (SSSR count). The van der Waals surface area contributed by atoms with Crippen LogP contribution in [0, 0.1) is 0 Å². The Morgan fingerprint density at radius 2 is 1.94 bits per heavy atom. The molecular weight excluding hydrogens is 214 g/mol. The molecule has 0 bridgehead atoms. The zero-order chi connectivity index (χ0) is 12.6. The monoisotopic (exact) mass is 235 g/mol. The van der Waals surface area contributed by atoms with E-state index in [1.54, 1.807) is 6.07 Å². The maximum absolute atomic E-state index is 10.1. The van der Waals surface area contributed by atoms with E-state index in [-0.39, 0.29) is 11.6 Å². The number of phenolic OH excluding ortho intramolecular Hbond substituents is 1. The summed E-state index contributed by atoms with van der Waals surface area (Å²) < 4.78 is 0. The minimum atomic E-state index is -0.435. The van der Waals surface area contributed by atoms with Gasteiger partial charge in [-0.25, -0.2) is 0 Å². The van der Waals surface area contributed by atoms with Crippen molar-refractivity contribution in [3.63, 3.8) is 0 Å². The number of phenols is 1. The molecule has 0 aliphatic heterocycles. The molecule has 1 aliphatic rings. The topological polar surface area (TPSA) is 52.5 Å². The third-order valence-electron chi connectivity index (χ3n) is 3.18. The lowest BCUT2D eigenvalue weighted by Crippen LogP contribution is -2.52. The van der Waals surface area contributed by atoms with E-state index in [1.807, 2.05) is 12.1 Å². The lowest BCUT2D eigenvalue weighted by Gasteiger charge is -2.35. The van der Waals surface area contributed by atoms with Crippen LogP contribution in [0.4, 0.5) is 0 Å². The molecule has 17 heavy (non-hydrogen) atoms. The van der Waals surface area contributed by atoms with Crippen LogP contribution in [0.2, 0.25) is 0 Å². The first-order chi connectivity index (χ1) is 7.87. The number of benzene rings is 1. The van der Waals surface area contributed by atoms with Crippen molar-refractivity contribution in [2.24, 2.45) is 0 Å². The van der Waals surface area contributed by atoms with E-state index in [9.17, 15) is 10.2 Å². The van der Waals surface area contributed by atoms with Gasteiger partial charge in [0.2, 0.25) is 0 Å². The van der Waals surface area contributed by atoms with E-state index in [0.29, 0.717) is 12.2 Å². The highest BCUT2D eigenvalue weighted by atomic mass is 16.3. The fourth-order valence-electron chi connectivity index (χ4n) is 2.48. The van der Waals surface area contributed by atoms with Crippen molar-refractivity contribution in [1.82, 2.24) is 5.32 Å². The molecule has 1 aromatic carbocycles. The Morgan fingerprint density at radius 3 is 2.59 bits per heavy atom. The van der Waals surface area contributed by atoms with E-state index in [2.05, 4.69) is 26.1 Å². The van der Waals surface area contributed by atoms with Crippen LogP contribution in [0.3, 0.4) is 0 Å². The van der Waals surface area contributed by atoms with Crippen LogP contribution in [0.25, 0.3) is 0 Å². The molecular formula is C14H21NO2. The molecule has 3 nitrogen and oxygen atoms in total. The number of hydrogen-bond acceptors (Lipinski definition) is 3. The van der Waals surface area contributed by atoms with Gasteiger partial charge in [-0.1, -0.05) is 12.1 Å². The third-order valence-corrected chi connectivity index (χ3v) is 3.18. The van der Waals surface area contributed by atoms with Crippen LogP contribution >= 0.6 is 0 Å². The molecule has 0 amide bonds. The molecule has 1 aliphatic carbocycles. The predicted molar refractivity (Wildman–Crippen MR) is 68.2 cm³/mol. The molecule has 0 unspecified atom stereocenters. The second-order valence-corrected chi connectivity index (χ2v) is 5.89. The van der Waals surface area contributed by atoms with Crippen LogP contribution in [0.1, 0.15) is 31.9 Å². The van der Waals surface area contributed by atoms with Crippen LogP contribution in [-0.2, 0) is 12.8 Å². The SMILES string of the molecule is CC(C)(C)N[C@H]1Cc2cccc(O)c2C[C@@H]1O. The van der Waals surface area contributed by atoms with Crippen LogP contribution in [0.15, 0.2) is 18.2 Å². The summed E-state index contributed by atoms with van der Waals surface area (Å²) in [4.78, 5) is 0. The lowest BCUT2D eigenvalue weighted by molar-refractivity contribution is 0.104. The molecule has 0 saturated heterocycles. The van der Waals surface area contributed by atoms with E-state index in [1.165, 1.54) is 0 Å². The van der Waals surface area contributed by atoms with Gasteiger partial charge in [0.25, 0.3) is 0 Å². The first-order valence-corrected chi connectivity index (χ1v) is 6.12. The number of aliphatic hydroxyl groups is 1. The van der Waals surface area contributed by atoms with E-state index < -0.39 is 6.10 Å². The van der Waals surface area contributed by atoms with Crippen molar-refractivity contribution in [2.45, 2.75) is 51.3 Å². The van der Waals surface area contributed by atoms with Gasteiger partial charge in [0, 0.05) is 18.0 Å². The van der Waals surface area contributed by atoms with Crippen LogP contribution < -0.4 is 5.32 Å². The number of fused-ring (bicyclic) bond motifs is 1. The van der Waals surface area contributed by atoms with Crippen molar-refractivity contribution in [2.75, 3.05) is 0 Å². The summed E-state index contributed by atoms with van der Waals surface area (Å²) in [5.41, 5.74) is 2.02. The van der Waals surface area contributed by atoms with Crippen molar-refractivity contribution in [1.29, 1.82) is 0 Å². The highest BCUT2D eigenvalue weighted by Gasteiger charge is 2.30. The molecule has 3 heteroatoms. The van der Waals surface area contributed by atoms with E-state index in [0.717, 1.165) is 17.5 Å². The Hall–Kier alpha value is -1.06. The molecule has 0 aromatic heterocycles. The summed E-state index contributed by atoms with van der Waals surface area (Å²) in [6, 6.07) is 5.63. The molecule has 0 fully saturated rings. The number of nitrogens with one attached hydrogen (secondary N) is 1. The van der Waals surface area contributed by atoms with Crippen molar-refractivity contribution in [3.8, 4) is 5.75 Å². The first-order valence-electron chi connectivity index (χ1n) is 6.12. The molecule has 0 radical (unpaired) electrons. The summed E-state index contributed by atoms with van der Waals surface area (Å²) in [6.07, 6.45) is 0.854. The lowest BCUT2D eigenvalue weighted by atomic mass is 9.84. The molecule has 0 heterocycles. The summed E-state index contributed by atoms with van der Waals surface area (Å²) >= 11 is 0. The normalized spacial score (nSPS) is 24.5. The van der Waals surface area contributed by atoms with Crippen molar-refractivity contribution < 1.29 is 10.2 Å². The van der Waals surface area contributed by atoms with Gasteiger partial charge in [0.1, 0.15) is 5.75 Å². The fraction of sp³-hybridized carbons (Fsp3) is 0.571. The molecule has 0 spiro atoms. The summed E-state index contributed by atoms with van der Waals surface area (Å²) in [7, 11) is 0. The highest BCUT2D eigenvalue weighted by molar-refractivity contribution is 5.42. The Balaban J connectivity index is 2.21. The van der Waals surface area contributed by atoms with Gasteiger partial charge in [-0.05, 0) is 44.4 Å². The summed E-state index contributed by atoms with van der Waals surface area (Å²) in [6.45, 7) is 6.28. The number of rotatable bonds is 1. The van der Waals surface area contributed by atoms with Gasteiger partial charge < -0.3 is 15.5 Å². The predicted octanol–water partition coefficient (Wildman–Crippen LogP) is 1.61. The van der Waals surface area contributed by atoms with E-state index >= 15 is 0 Å². The number of aromatic hydroxyl groups is 1. The Bertz CT molecular complexity index is 409. The third kappa shape index (κ3) is 2.79. The number of aliphatic hydroxyl groups excluding tert-OH is 1. The minimum absolute atomic E-state index is 0.0139. The van der Waals surface area contributed by atoms with Gasteiger partial charge in [-0.3, -0.25) is 0 Å². The fourth-order valence-corrected chi connectivity index (χ4v) is 2.48. The quantitative estimate of drug-likeness (QED) is 0.693. The average Bonchev–Trinajstić information content (AvgIpc) is 2.19. The smallest absolute Gasteiger partial charge is 0.119 e. The highest BCUT2D eigenvalue weighted by Crippen LogP contribution is 2.29. The Kier molecular flexibility index (Phi) is 3.15. The molecule has 0 saturated carbocycles. The second-order valence-electron chi connectivity index (χ2n) is 5.89. The van der Waals surface area contributed by atoms with E-state index in [4.69, 9.17) is 0 Å². The van der Waals surface area contributed by atoms with Crippen LogP contribution in [0.5, 0.6) is 5.75 Å². The van der Waals surface area contributed by atoms with Crippen molar-refractivity contribution in [3.05, 3.63) is 29.3 Å². The van der Waals surface area contributed by atoms with Crippen molar-refractivity contribution >= 4 is 0 Å². The zero-order valence-electron chi connectivity index (χ0n) is 10.7. The van der Waals surface area contributed by atoms with Gasteiger partial charge >= 0.3 is 0 Å². The molecule has 1 aromatic rings. The van der Waals surface area contributed by atoms with Crippen LogP contribution in [-0.4, -0.2) is 27.9 Å². The molecule has 2 atom stereocenters. The molecule has 3 N–H and O–H groups in total. The van der Waals surface area contributed by atoms with Gasteiger partial charge in [-0.15, -0.1) is 0 Å². The largest absolute Gasteiger partial charge is 0.508 e. The summed E-state index contributed by atoms with van der Waals surface area (Å²) in [5, 5.41) is 23.3. The zero-order valence-corrected chi connectivity index (χ0v) is 10.7. The second kappa shape index (κ2) is 4.31. The Labute approximate surface area is 102 Å². The standard InChI is InChI=1S/C14H21NO2/c1-14(2,3)15-11-7-9-5-4-6-12(16)10(9)8-13(11)17/h4-6,11,13,15-17H,7-8H2,1-3H3/t11-,13-/m0/s1. The maximum atomic E-state index is 10.1. The molecule has 94 valence electrons. The number of hydrogen-bond donors (Lipinski definition) is 3.